The SMILES string of the molecule is NNCN1CC2CC1CC2(F)F. The van der Waals surface area contributed by atoms with E-state index in [1.165, 1.54) is 0 Å². The summed E-state index contributed by atoms with van der Waals surface area (Å²) in [5.41, 5.74) is 2.50. The number of hydrogen-bond acceptors (Lipinski definition) is 3. The molecule has 0 radical (unpaired) electrons. The highest BCUT2D eigenvalue weighted by Crippen LogP contribution is 2.47. The molecule has 1 saturated heterocycles. The van der Waals surface area contributed by atoms with Crippen molar-refractivity contribution in [3.05, 3.63) is 0 Å². The van der Waals surface area contributed by atoms with Crippen LogP contribution in [0.1, 0.15) is 12.8 Å². The minimum Gasteiger partial charge on any atom is -0.286 e. The van der Waals surface area contributed by atoms with Crippen LogP contribution < -0.4 is 11.3 Å². The zero-order chi connectivity index (χ0) is 8.77. The van der Waals surface area contributed by atoms with Gasteiger partial charge in [0.25, 0.3) is 5.92 Å². The molecule has 0 spiro atoms. The van der Waals surface area contributed by atoms with E-state index in [9.17, 15) is 8.78 Å². The topological polar surface area (TPSA) is 41.3 Å². The van der Waals surface area contributed by atoms with Gasteiger partial charge in [0.15, 0.2) is 0 Å². The maximum atomic E-state index is 13.0. The molecule has 3 N–H and O–H groups in total. The van der Waals surface area contributed by atoms with Crippen molar-refractivity contribution < 1.29 is 8.78 Å². The van der Waals surface area contributed by atoms with Crippen LogP contribution in [0.25, 0.3) is 0 Å². The quantitative estimate of drug-likeness (QED) is 0.465. The molecule has 12 heavy (non-hydrogen) atoms. The predicted molar refractivity (Wildman–Crippen MR) is 40.4 cm³/mol. The van der Waals surface area contributed by atoms with Crippen LogP contribution in [0.15, 0.2) is 0 Å². The molecule has 2 rings (SSSR count). The molecule has 2 atom stereocenters. The van der Waals surface area contributed by atoms with Gasteiger partial charge in [0.2, 0.25) is 0 Å². The highest BCUT2D eigenvalue weighted by molar-refractivity contribution is 5.01. The Morgan fingerprint density at radius 1 is 1.58 bits per heavy atom. The Bertz CT molecular complexity index is 185. The van der Waals surface area contributed by atoms with Gasteiger partial charge in [-0.05, 0) is 6.42 Å². The lowest BCUT2D eigenvalue weighted by molar-refractivity contribution is -0.0681. The average Bonchev–Trinajstić information content (AvgIpc) is 2.44. The molecule has 70 valence electrons. The number of halogens is 2. The number of likely N-dealkylation sites (tertiary alicyclic amines) is 1. The monoisotopic (exact) mass is 177 g/mol. The second-order valence-electron chi connectivity index (χ2n) is 3.69. The van der Waals surface area contributed by atoms with Gasteiger partial charge < -0.3 is 0 Å². The minimum absolute atomic E-state index is 0.0132. The molecule has 0 aromatic carbocycles. The Hall–Kier alpha value is -0.260. The van der Waals surface area contributed by atoms with Crippen LogP contribution in [-0.4, -0.2) is 30.1 Å². The molecule has 2 fully saturated rings. The average molecular weight is 177 g/mol. The van der Waals surface area contributed by atoms with E-state index in [1.54, 1.807) is 0 Å². The van der Waals surface area contributed by atoms with Crippen LogP contribution in [-0.2, 0) is 0 Å². The lowest BCUT2D eigenvalue weighted by atomic mass is 10.1. The van der Waals surface area contributed by atoms with Crippen molar-refractivity contribution in [2.45, 2.75) is 24.8 Å². The summed E-state index contributed by atoms with van der Waals surface area (Å²) in [6.45, 7) is 1.01. The van der Waals surface area contributed by atoms with Crippen LogP contribution >= 0.6 is 0 Å². The second kappa shape index (κ2) is 2.61. The van der Waals surface area contributed by atoms with Crippen molar-refractivity contribution in [1.82, 2.24) is 10.3 Å². The largest absolute Gasteiger partial charge is 0.286 e. The molecule has 3 nitrogen and oxygen atoms in total. The molecule has 2 bridgehead atoms. The minimum atomic E-state index is -2.42. The Balaban J connectivity index is 1.98. The molecule has 0 amide bonds. The van der Waals surface area contributed by atoms with E-state index in [-0.39, 0.29) is 12.5 Å². The van der Waals surface area contributed by atoms with Gasteiger partial charge in [0.1, 0.15) is 0 Å². The molecule has 2 unspecified atom stereocenters. The van der Waals surface area contributed by atoms with Gasteiger partial charge in [-0.15, -0.1) is 0 Å². The van der Waals surface area contributed by atoms with Crippen LogP contribution in [0.5, 0.6) is 0 Å². The molecule has 0 aromatic heterocycles. The van der Waals surface area contributed by atoms with Gasteiger partial charge in [-0.2, -0.15) is 0 Å². The third kappa shape index (κ3) is 1.12. The van der Waals surface area contributed by atoms with Crippen molar-refractivity contribution in [1.29, 1.82) is 0 Å². The lowest BCUT2D eigenvalue weighted by Crippen LogP contribution is -2.46. The number of nitrogens with two attached hydrogens (primary N) is 1. The zero-order valence-electron chi connectivity index (χ0n) is 6.76. The van der Waals surface area contributed by atoms with Crippen LogP contribution in [0.3, 0.4) is 0 Å². The van der Waals surface area contributed by atoms with E-state index in [0.717, 1.165) is 0 Å². The third-order valence-electron chi connectivity index (χ3n) is 2.93. The number of hydrazine groups is 1. The number of nitrogens with one attached hydrogen (secondary N) is 1. The van der Waals surface area contributed by atoms with E-state index >= 15 is 0 Å². The number of nitrogens with zero attached hydrogens (tertiary/aromatic N) is 1. The van der Waals surface area contributed by atoms with E-state index < -0.39 is 11.8 Å². The normalized spacial score (nSPS) is 39.2. The van der Waals surface area contributed by atoms with Crippen molar-refractivity contribution in [3.63, 3.8) is 0 Å². The summed E-state index contributed by atoms with van der Waals surface area (Å²) >= 11 is 0. The Labute approximate surface area is 69.9 Å². The summed E-state index contributed by atoms with van der Waals surface area (Å²) in [5, 5.41) is 0. The summed E-state index contributed by atoms with van der Waals surface area (Å²) in [7, 11) is 0. The maximum Gasteiger partial charge on any atom is 0.253 e. The number of hydrogen-bond donors (Lipinski definition) is 2. The van der Waals surface area contributed by atoms with Gasteiger partial charge in [-0.25, -0.2) is 14.2 Å². The molecule has 0 aromatic rings. The van der Waals surface area contributed by atoms with Gasteiger partial charge in [0, 0.05) is 24.9 Å². The van der Waals surface area contributed by atoms with Gasteiger partial charge in [0.05, 0.1) is 6.67 Å². The molecule has 1 saturated carbocycles. The summed E-state index contributed by atoms with van der Waals surface area (Å²) in [6, 6.07) is 0.0426. The van der Waals surface area contributed by atoms with E-state index in [2.05, 4.69) is 5.43 Å². The van der Waals surface area contributed by atoms with Crippen molar-refractivity contribution in [3.8, 4) is 0 Å². The van der Waals surface area contributed by atoms with Crippen molar-refractivity contribution in [2.75, 3.05) is 13.2 Å². The fraction of sp³-hybridized carbons (Fsp3) is 1.00. The maximum absolute atomic E-state index is 13.0. The summed E-state index contributed by atoms with van der Waals surface area (Å²) in [6.07, 6.45) is 0.647. The molecule has 1 aliphatic carbocycles. The fourth-order valence-corrected chi connectivity index (χ4v) is 2.29. The van der Waals surface area contributed by atoms with Crippen LogP contribution in [0.4, 0.5) is 8.78 Å². The van der Waals surface area contributed by atoms with Gasteiger partial charge in [-0.1, -0.05) is 0 Å². The third-order valence-corrected chi connectivity index (χ3v) is 2.93. The first-order chi connectivity index (χ1) is 5.63. The second-order valence-corrected chi connectivity index (χ2v) is 3.69. The predicted octanol–water partition coefficient (Wildman–Crippen LogP) is 0.137. The summed E-state index contributed by atoms with van der Waals surface area (Å²) in [5.74, 6) is 2.27. The first-order valence-corrected chi connectivity index (χ1v) is 4.19. The number of piperidine rings is 1. The molecular formula is C7H13F2N3. The van der Waals surface area contributed by atoms with E-state index in [4.69, 9.17) is 5.84 Å². The Kier molecular flexibility index (Phi) is 1.82. The van der Waals surface area contributed by atoms with Crippen LogP contribution in [0, 0.1) is 5.92 Å². The molecular weight excluding hydrogens is 164 g/mol. The van der Waals surface area contributed by atoms with Crippen molar-refractivity contribution >= 4 is 0 Å². The first kappa shape index (κ1) is 8.34. The van der Waals surface area contributed by atoms with E-state index in [1.807, 2.05) is 4.90 Å². The standard InChI is InChI=1S/C7H13F2N3/c8-7(9)2-6-1-5(7)3-12(6)4-11-10/h5-6,11H,1-4,10H2. The fourth-order valence-electron chi connectivity index (χ4n) is 2.29. The number of alkyl halides is 2. The van der Waals surface area contributed by atoms with E-state index in [0.29, 0.717) is 19.6 Å². The lowest BCUT2D eigenvalue weighted by Gasteiger charge is -2.30. The molecule has 1 heterocycles. The summed E-state index contributed by atoms with van der Waals surface area (Å²) < 4.78 is 25.9. The molecule has 2 aliphatic rings. The molecule has 5 heteroatoms. The first-order valence-electron chi connectivity index (χ1n) is 4.19. The number of fused-ring (bicyclic) bond motifs is 2. The highest BCUT2D eigenvalue weighted by atomic mass is 19.3. The number of rotatable bonds is 2. The zero-order valence-corrected chi connectivity index (χ0v) is 6.76. The smallest absolute Gasteiger partial charge is 0.253 e. The van der Waals surface area contributed by atoms with Crippen molar-refractivity contribution in [2.24, 2.45) is 11.8 Å². The van der Waals surface area contributed by atoms with Gasteiger partial charge >= 0.3 is 0 Å². The van der Waals surface area contributed by atoms with Crippen LogP contribution in [0.2, 0.25) is 0 Å². The molecule has 1 aliphatic heterocycles. The summed E-state index contributed by atoms with van der Waals surface area (Å²) in [4.78, 5) is 1.99. The Morgan fingerprint density at radius 3 is 2.75 bits per heavy atom. The van der Waals surface area contributed by atoms with Gasteiger partial charge in [-0.3, -0.25) is 10.7 Å². The Morgan fingerprint density at radius 2 is 2.33 bits per heavy atom. The highest BCUT2D eigenvalue weighted by Gasteiger charge is 2.55.